The Balaban J connectivity index is 1.80. The number of nitrogens with zero attached hydrogens (tertiary/aromatic N) is 2. The summed E-state index contributed by atoms with van der Waals surface area (Å²) in [5.74, 6) is 1.39. The first-order valence-electron chi connectivity index (χ1n) is 8.60. The van der Waals surface area contributed by atoms with Gasteiger partial charge in [-0.25, -0.2) is 4.79 Å². The normalized spacial score (nSPS) is 30.4. The minimum absolute atomic E-state index is 0.134. The average Bonchev–Trinajstić information content (AvgIpc) is 3.15. The monoisotopic (exact) mass is 323 g/mol. The molecule has 1 aliphatic heterocycles. The molecule has 0 bridgehead atoms. The summed E-state index contributed by atoms with van der Waals surface area (Å²) in [7, 11) is 0. The number of hydrogen-bond acceptors (Lipinski definition) is 3. The standard InChI is InChI=1S/C16H29N5O2/c1-5-16(4)13(22)21(15(23)20-16)9-7-8-18-14(17-6-2)19-12-10-11(12)3/h11-12H,5-10H2,1-4H3,(H,20,23)(H2,17,18,19). The lowest BCUT2D eigenvalue weighted by Crippen LogP contribution is -2.43. The third-order valence-corrected chi connectivity index (χ3v) is 4.64. The predicted molar refractivity (Wildman–Crippen MR) is 90.2 cm³/mol. The molecule has 0 radical (unpaired) electrons. The second kappa shape index (κ2) is 7.19. The van der Waals surface area contributed by atoms with E-state index in [-0.39, 0.29) is 11.9 Å². The first-order valence-corrected chi connectivity index (χ1v) is 8.60. The van der Waals surface area contributed by atoms with E-state index in [2.05, 4.69) is 27.9 Å². The van der Waals surface area contributed by atoms with E-state index in [1.54, 1.807) is 6.92 Å². The number of nitrogens with one attached hydrogen (secondary N) is 3. The molecule has 0 aromatic rings. The highest BCUT2D eigenvalue weighted by Crippen LogP contribution is 2.28. The van der Waals surface area contributed by atoms with Crippen LogP contribution in [0.15, 0.2) is 4.99 Å². The molecule has 3 unspecified atom stereocenters. The van der Waals surface area contributed by atoms with Crippen molar-refractivity contribution in [2.75, 3.05) is 19.6 Å². The van der Waals surface area contributed by atoms with E-state index in [1.807, 2.05) is 13.8 Å². The first kappa shape index (κ1) is 17.6. The molecule has 1 saturated heterocycles. The Morgan fingerprint density at radius 3 is 2.65 bits per heavy atom. The third-order valence-electron chi connectivity index (χ3n) is 4.64. The second-order valence-corrected chi connectivity index (χ2v) is 6.65. The van der Waals surface area contributed by atoms with E-state index in [9.17, 15) is 9.59 Å². The molecule has 7 heteroatoms. The molecule has 3 N–H and O–H groups in total. The zero-order chi connectivity index (χ0) is 17.0. The summed E-state index contributed by atoms with van der Waals surface area (Å²) in [5, 5.41) is 9.38. The number of rotatable bonds is 7. The maximum Gasteiger partial charge on any atom is 0.325 e. The lowest BCUT2D eigenvalue weighted by molar-refractivity contribution is -0.130. The van der Waals surface area contributed by atoms with Crippen LogP contribution in [-0.4, -0.2) is 54.0 Å². The molecule has 130 valence electrons. The third kappa shape index (κ3) is 4.14. The maximum absolute atomic E-state index is 12.3. The summed E-state index contributed by atoms with van der Waals surface area (Å²) in [4.78, 5) is 30.0. The zero-order valence-electron chi connectivity index (χ0n) is 14.6. The van der Waals surface area contributed by atoms with Crippen LogP contribution in [0.4, 0.5) is 4.79 Å². The zero-order valence-corrected chi connectivity index (χ0v) is 14.6. The molecule has 3 amide bonds. The van der Waals surface area contributed by atoms with Crippen molar-refractivity contribution in [1.82, 2.24) is 20.9 Å². The van der Waals surface area contributed by atoms with Crippen LogP contribution in [0.2, 0.25) is 0 Å². The van der Waals surface area contributed by atoms with Crippen molar-refractivity contribution in [2.45, 2.75) is 58.5 Å². The van der Waals surface area contributed by atoms with Crippen LogP contribution in [0.25, 0.3) is 0 Å². The SMILES string of the molecule is CCNC(=NCCCN1C(=O)NC(C)(CC)C1=O)NC1CC1C. The smallest absolute Gasteiger partial charge is 0.325 e. The second-order valence-electron chi connectivity index (χ2n) is 6.65. The maximum atomic E-state index is 12.3. The van der Waals surface area contributed by atoms with E-state index in [1.165, 1.54) is 11.3 Å². The van der Waals surface area contributed by atoms with Crippen LogP contribution >= 0.6 is 0 Å². The summed E-state index contributed by atoms with van der Waals surface area (Å²) >= 11 is 0. The number of amides is 3. The highest BCUT2D eigenvalue weighted by atomic mass is 16.2. The van der Waals surface area contributed by atoms with E-state index in [0.717, 1.165) is 12.5 Å². The van der Waals surface area contributed by atoms with Gasteiger partial charge in [0, 0.05) is 25.7 Å². The topological polar surface area (TPSA) is 85.8 Å². The highest BCUT2D eigenvalue weighted by Gasteiger charge is 2.45. The molecule has 0 aromatic carbocycles. The molecule has 7 nitrogen and oxygen atoms in total. The van der Waals surface area contributed by atoms with Gasteiger partial charge in [-0.1, -0.05) is 13.8 Å². The van der Waals surface area contributed by atoms with E-state index in [4.69, 9.17) is 0 Å². The van der Waals surface area contributed by atoms with E-state index in [0.29, 0.717) is 37.9 Å². The Hall–Kier alpha value is -1.79. The van der Waals surface area contributed by atoms with Gasteiger partial charge in [-0.05, 0) is 39.0 Å². The molecule has 0 spiro atoms. The van der Waals surface area contributed by atoms with Crippen molar-refractivity contribution >= 4 is 17.9 Å². The molecule has 1 saturated carbocycles. The minimum Gasteiger partial charge on any atom is -0.357 e. The molecular weight excluding hydrogens is 294 g/mol. The fourth-order valence-electron chi connectivity index (χ4n) is 2.63. The summed E-state index contributed by atoms with van der Waals surface area (Å²) in [6, 6.07) is 0.226. The lowest BCUT2D eigenvalue weighted by Gasteiger charge is -2.19. The Kier molecular flexibility index (Phi) is 5.49. The number of carbonyl (C=O) groups excluding carboxylic acids is 2. The Morgan fingerprint density at radius 2 is 2.13 bits per heavy atom. The van der Waals surface area contributed by atoms with Crippen LogP contribution in [0.5, 0.6) is 0 Å². The van der Waals surface area contributed by atoms with Crippen LogP contribution < -0.4 is 16.0 Å². The molecule has 1 heterocycles. The number of carbonyl (C=O) groups is 2. The Morgan fingerprint density at radius 1 is 1.43 bits per heavy atom. The van der Waals surface area contributed by atoms with Crippen LogP contribution in [0, 0.1) is 5.92 Å². The van der Waals surface area contributed by atoms with Gasteiger partial charge in [0.25, 0.3) is 5.91 Å². The van der Waals surface area contributed by atoms with Crippen LogP contribution in [0.3, 0.4) is 0 Å². The molecule has 2 aliphatic rings. The highest BCUT2D eigenvalue weighted by molar-refractivity contribution is 6.06. The minimum atomic E-state index is -0.751. The van der Waals surface area contributed by atoms with Gasteiger partial charge in [-0.15, -0.1) is 0 Å². The van der Waals surface area contributed by atoms with Gasteiger partial charge in [0.2, 0.25) is 0 Å². The molecular formula is C16H29N5O2. The van der Waals surface area contributed by atoms with Gasteiger partial charge in [0.1, 0.15) is 5.54 Å². The molecule has 2 rings (SSSR count). The predicted octanol–water partition coefficient (Wildman–Crippen LogP) is 1.06. The number of aliphatic imine (C=N–C) groups is 1. The van der Waals surface area contributed by atoms with Gasteiger partial charge >= 0.3 is 6.03 Å². The number of hydrogen-bond donors (Lipinski definition) is 3. The first-order chi connectivity index (χ1) is 10.9. The van der Waals surface area contributed by atoms with Gasteiger partial charge in [0.05, 0.1) is 0 Å². The van der Waals surface area contributed by atoms with Crippen molar-refractivity contribution in [3.63, 3.8) is 0 Å². The molecule has 2 fully saturated rings. The summed E-state index contributed by atoms with van der Waals surface area (Å²) < 4.78 is 0. The fourth-order valence-corrected chi connectivity index (χ4v) is 2.63. The fraction of sp³-hybridized carbons (Fsp3) is 0.812. The van der Waals surface area contributed by atoms with Crippen LogP contribution in [0.1, 0.15) is 47.0 Å². The Labute approximate surface area is 138 Å². The summed E-state index contributed by atoms with van der Waals surface area (Å²) in [6.45, 7) is 9.72. The molecule has 3 atom stereocenters. The van der Waals surface area contributed by atoms with Crippen molar-refractivity contribution in [3.05, 3.63) is 0 Å². The van der Waals surface area contributed by atoms with Gasteiger partial charge in [-0.2, -0.15) is 0 Å². The summed E-state index contributed by atoms with van der Waals surface area (Å²) in [6.07, 6.45) is 2.44. The number of imide groups is 1. The number of guanidine groups is 1. The van der Waals surface area contributed by atoms with Gasteiger partial charge in [0.15, 0.2) is 5.96 Å². The van der Waals surface area contributed by atoms with Crippen molar-refractivity contribution < 1.29 is 9.59 Å². The quantitative estimate of drug-likeness (QED) is 0.283. The van der Waals surface area contributed by atoms with Crippen molar-refractivity contribution in [3.8, 4) is 0 Å². The van der Waals surface area contributed by atoms with Gasteiger partial charge in [-0.3, -0.25) is 14.7 Å². The average molecular weight is 323 g/mol. The van der Waals surface area contributed by atoms with E-state index >= 15 is 0 Å². The van der Waals surface area contributed by atoms with Crippen molar-refractivity contribution in [1.29, 1.82) is 0 Å². The molecule has 1 aliphatic carbocycles. The largest absolute Gasteiger partial charge is 0.357 e. The Bertz CT molecular complexity index is 493. The molecule has 23 heavy (non-hydrogen) atoms. The van der Waals surface area contributed by atoms with Gasteiger partial charge < -0.3 is 16.0 Å². The number of urea groups is 1. The summed E-state index contributed by atoms with van der Waals surface area (Å²) in [5.41, 5.74) is -0.751. The van der Waals surface area contributed by atoms with Crippen LogP contribution in [-0.2, 0) is 4.79 Å². The van der Waals surface area contributed by atoms with Crippen molar-refractivity contribution in [2.24, 2.45) is 10.9 Å². The molecule has 0 aromatic heterocycles. The van der Waals surface area contributed by atoms with E-state index < -0.39 is 5.54 Å². The lowest BCUT2D eigenvalue weighted by atomic mass is 9.99.